The van der Waals surface area contributed by atoms with Crippen LogP contribution < -0.4 is 5.73 Å². The highest BCUT2D eigenvalue weighted by molar-refractivity contribution is 5.69. The third kappa shape index (κ3) is 2.74. The Balaban J connectivity index is 2.05. The molecule has 92 valence electrons. The van der Waals surface area contributed by atoms with Crippen LogP contribution in [-0.4, -0.2) is 37.2 Å². The number of nitrogens with two attached hydrogens (primary N) is 1. The Morgan fingerprint density at radius 3 is 2.65 bits per heavy atom. The molecule has 1 aromatic carbocycles. The molecule has 0 aromatic heterocycles. The summed E-state index contributed by atoms with van der Waals surface area (Å²) in [6.07, 6.45) is -0.300. The smallest absolute Gasteiger partial charge is 0.409 e. The molecule has 1 amide bonds. The first-order valence-corrected chi connectivity index (χ1v) is 5.58. The van der Waals surface area contributed by atoms with Crippen molar-refractivity contribution in [2.24, 2.45) is 5.73 Å². The Kier molecular flexibility index (Phi) is 3.58. The minimum atomic E-state index is -0.300. The summed E-state index contributed by atoms with van der Waals surface area (Å²) >= 11 is 0. The molecule has 0 aliphatic carbocycles. The molecule has 0 saturated carbocycles. The van der Waals surface area contributed by atoms with Crippen LogP contribution in [0, 0.1) is 5.82 Å². The molecule has 5 heteroatoms. The zero-order valence-electron chi connectivity index (χ0n) is 9.43. The van der Waals surface area contributed by atoms with Crippen molar-refractivity contribution in [1.29, 1.82) is 0 Å². The van der Waals surface area contributed by atoms with Gasteiger partial charge >= 0.3 is 6.09 Å². The summed E-state index contributed by atoms with van der Waals surface area (Å²) in [6, 6.07) is 6.21. The quantitative estimate of drug-likeness (QED) is 0.860. The maximum Gasteiger partial charge on any atom is 0.409 e. The van der Waals surface area contributed by atoms with Crippen LogP contribution in [-0.2, 0) is 4.74 Å². The average Bonchev–Trinajstić information content (AvgIpc) is 2.73. The van der Waals surface area contributed by atoms with Crippen LogP contribution in [0.5, 0.6) is 0 Å². The summed E-state index contributed by atoms with van der Waals surface area (Å²) < 4.78 is 17.7. The number of ether oxygens (including phenoxy) is 1. The van der Waals surface area contributed by atoms with Crippen LogP contribution in [0.4, 0.5) is 9.18 Å². The molecule has 0 bridgehead atoms. The standard InChI is InChI=1S/C12H15FN2O2/c13-11-3-1-9(2-4-11)10(7-14)8-15-5-6-17-12(15)16/h1-4,10H,5-8,14H2. The van der Waals surface area contributed by atoms with Gasteiger partial charge < -0.3 is 15.4 Å². The van der Waals surface area contributed by atoms with Gasteiger partial charge in [-0.1, -0.05) is 12.1 Å². The Morgan fingerprint density at radius 1 is 1.41 bits per heavy atom. The van der Waals surface area contributed by atoms with Crippen molar-refractivity contribution in [1.82, 2.24) is 4.90 Å². The Bertz CT molecular complexity index is 394. The number of benzene rings is 1. The Morgan fingerprint density at radius 2 is 2.12 bits per heavy atom. The van der Waals surface area contributed by atoms with Crippen molar-refractivity contribution in [3.63, 3.8) is 0 Å². The van der Waals surface area contributed by atoms with Gasteiger partial charge in [0.2, 0.25) is 0 Å². The number of cyclic esters (lactones) is 1. The third-order valence-corrected chi connectivity index (χ3v) is 2.91. The number of hydrogen-bond acceptors (Lipinski definition) is 3. The first-order chi connectivity index (χ1) is 8.20. The largest absolute Gasteiger partial charge is 0.448 e. The molecule has 1 heterocycles. The highest BCUT2D eigenvalue weighted by atomic mass is 19.1. The number of halogens is 1. The van der Waals surface area contributed by atoms with Gasteiger partial charge in [0.15, 0.2) is 0 Å². The normalized spacial score (nSPS) is 17.1. The Labute approximate surface area is 99.2 Å². The minimum Gasteiger partial charge on any atom is -0.448 e. The molecule has 1 aromatic rings. The van der Waals surface area contributed by atoms with E-state index in [9.17, 15) is 9.18 Å². The summed E-state index contributed by atoms with van der Waals surface area (Å²) in [4.78, 5) is 12.9. The van der Waals surface area contributed by atoms with Gasteiger partial charge in [-0.3, -0.25) is 0 Å². The maximum atomic E-state index is 12.8. The van der Waals surface area contributed by atoms with Crippen molar-refractivity contribution in [2.45, 2.75) is 5.92 Å². The van der Waals surface area contributed by atoms with E-state index in [1.165, 1.54) is 12.1 Å². The van der Waals surface area contributed by atoms with Gasteiger partial charge in [-0.2, -0.15) is 0 Å². The second kappa shape index (κ2) is 5.14. The van der Waals surface area contributed by atoms with E-state index in [0.29, 0.717) is 26.2 Å². The van der Waals surface area contributed by atoms with E-state index >= 15 is 0 Å². The third-order valence-electron chi connectivity index (χ3n) is 2.91. The number of rotatable bonds is 4. The van der Waals surface area contributed by atoms with Crippen LogP contribution in [0.15, 0.2) is 24.3 Å². The van der Waals surface area contributed by atoms with E-state index in [-0.39, 0.29) is 17.8 Å². The van der Waals surface area contributed by atoms with Crippen LogP contribution in [0.1, 0.15) is 11.5 Å². The van der Waals surface area contributed by atoms with Crippen LogP contribution in [0.2, 0.25) is 0 Å². The van der Waals surface area contributed by atoms with Crippen LogP contribution >= 0.6 is 0 Å². The van der Waals surface area contributed by atoms with Crippen molar-refractivity contribution < 1.29 is 13.9 Å². The molecular formula is C12H15FN2O2. The second-order valence-corrected chi connectivity index (χ2v) is 4.04. The number of amides is 1. The monoisotopic (exact) mass is 238 g/mol. The fraction of sp³-hybridized carbons (Fsp3) is 0.417. The van der Waals surface area contributed by atoms with Gasteiger partial charge in [0.25, 0.3) is 0 Å². The summed E-state index contributed by atoms with van der Waals surface area (Å²) in [6.45, 7) is 1.95. The van der Waals surface area contributed by atoms with Crippen LogP contribution in [0.3, 0.4) is 0 Å². The van der Waals surface area contributed by atoms with Gasteiger partial charge in [0, 0.05) is 19.0 Å². The molecule has 4 nitrogen and oxygen atoms in total. The molecule has 2 N–H and O–H groups in total. The number of nitrogens with zero attached hydrogens (tertiary/aromatic N) is 1. The number of carbonyl (C=O) groups excluding carboxylic acids is 1. The van der Waals surface area contributed by atoms with E-state index in [1.807, 2.05) is 0 Å². The lowest BCUT2D eigenvalue weighted by atomic mass is 9.99. The molecule has 0 spiro atoms. The lowest BCUT2D eigenvalue weighted by molar-refractivity contribution is 0.157. The van der Waals surface area contributed by atoms with Gasteiger partial charge in [0.1, 0.15) is 12.4 Å². The number of carbonyl (C=O) groups is 1. The second-order valence-electron chi connectivity index (χ2n) is 4.04. The first-order valence-electron chi connectivity index (χ1n) is 5.58. The first kappa shape index (κ1) is 11.9. The average molecular weight is 238 g/mol. The van der Waals surface area contributed by atoms with Crippen molar-refractivity contribution >= 4 is 6.09 Å². The molecule has 1 aliphatic heterocycles. The van der Waals surface area contributed by atoms with E-state index in [0.717, 1.165) is 5.56 Å². The summed E-state index contributed by atoms with van der Waals surface area (Å²) in [5, 5.41) is 0. The fourth-order valence-corrected chi connectivity index (χ4v) is 1.91. The molecule has 17 heavy (non-hydrogen) atoms. The SMILES string of the molecule is NCC(CN1CCOC1=O)c1ccc(F)cc1. The molecule has 1 fully saturated rings. The number of hydrogen-bond donors (Lipinski definition) is 1. The molecule has 0 radical (unpaired) electrons. The Hall–Kier alpha value is -1.62. The topological polar surface area (TPSA) is 55.6 Å². The van der Waals surface area contributed by atoms with Crippen molar-refractivity contribution in [3.8, 4) is 0 Å². The molecule has 1 aliphatic rings. The van der Waals surface area contributed by atoms with E-state index in [2.05, 4.69) is 0 Å². The molecule has 2 rings (SSSR count). The van der Waals surface area contributed by atoms with E-state index in [1.54, 1.807) is 17.0 Å². The molecule has 1 unspecified atom stereocenters. The van der Waals surface area contributed by atoms with Crippen molar-refractivity contribution in [2.75, 3.05) is 26.2 Å². The lowest BCUT2D eigenvalue weighted by Gasteiger charge is -2.21. The van der Waals surface area contributed by atoms with E-state index < -0.39 is 0 Å². The van der Waals surface area contributed by atoms with Gasteiger partial charge in [-0.05, 0) is 17.7 Å². The zero-order valence-corrected chi connectivity index (χ0v) is 9.43. The predicted octanol–water partition coefficient (Wildman–Crippen LogP) is 1.32. The van der Waals surface area contributed by atoms with Crippen molar-refractivity contribution in [3.05, 3.63) is 35.6 Å². The summed E-state index contributed by atoms with van der Waals surface area (Å²) in [7, 11) is 0. The molecular weight excluding hydrogens is 223 g/mol. The molecule has 1 saturated heterocycles. The van der Waals surface area contributed by atoms with Crippen LogP contribution in [0.25, 0.3) is 0 Å². The summed E-state index contributed by atoms with van der Waals surface area (Å²) in [5.41, 5.74) is 6.63. The highest BCUT2D eigenvalue weighted by Gasteiger charge is 2.25. The fourth-order valence-electron chi connectivity index (χ4n) is 1.91. The highest BCUT2D eigenvalue weighted by Crippen LogP contribution is 2.18. The molecule has 1 atom stereocenters. The zero-order chi connectivity index (χ0) is 12.3. The van der Waals surface area contributed by atoms with E-state index in [4.69, 9.17) is 10.5 Å². The maximum absolute atomic E-state index is 12.8. The van der Waals surface area contributed by atoms with Gasteiger partial charge in [-0.15, -0.1) is 0 Å². The minimum absolute atomic E-state index is 0.0150. The lowest BCUT2D eigenvalue weighted by Crippen LogP contribution is -2.32. The summed E-state index contributed by atoms with van der Waals surface area (Å²) in [5.74, 6) is -0.258. The van der Waals surface area contributed by atoms with Gasteiger partial charge in [-0.25, -0.2) is 9.18 Å². The van der Waals surface area contributed by atoms with Gasteiger partial charge in [0.05, 0.1) is 6.54 Å². The predicted molar refractivity (Wildman–Crippen MR) is 61.1 cm³/mol.